The molecule has 5 N–H and O–H groups in total. The minimum Gasteiger partial charge on any atom is -0.368 e. The standard InChI is InChI=1S/C19H18F2N4O4/c20-13-5-6-14(15(21)7-13)19(29)25-10-17(27)23-8-11-1-3-12(4-2-11)18(28)24-9-16(22)26/h1-7H,8-10H2,(H2,22,26)(H,23,27)(H,24,28)(H,25,29). The number of carbonyl (C=O) groups excluding carboxylic acids is 4. The van der Waals surface area contributed by atoms with Crippen molar-refractivity contribution in [2.45, 2.75) is 6.54 Å². The molecule has 0 heterocycles. The van der Waals surface area contributed by atoms with Gasteiger partial charge in [-0.2, -0.15) is 0 Å². The van der Waals surface area contributed by atoms with Gasteiger partial charge in [-0.25, -0.2) is 8.78 Å². The molecule has 0 spiro atoms. The summed E-state index contributed by atoms with van der Waals surface area (Å²) in [6, 6.07) is 8.73. The predicted octanol–water partition coefficient (Wildman–Crippen LogP) is 0.226. The molecule has 2 rings (SSSR count). The maximum absolute atomic E-state index is 13.5. The van der Waals surface area contributed by atoms with Gasteiger partial charge in [-0.05, 0) is 29.8 Å². The summed E-state index contributed by atoms with van der Waals surface area (Å²) in [4.78, 5) is 46.1. The van der Waals surface area contributed by atoms with Crippen LogP contribution in [0.25, 0.3) is 0 Å². The molecule has 152 valence electrons. The van der Waals surface area contributed by atoms with Crippen molar-refractivity contribution in [3.8, 4) is 0 Å². The van der Waals surface area contributed by atoms with E-state index in [4.69, 9.17) is 5.73 Å². The molecule has 0 saturated carbocycles. The fourth-order valence-electron chi connectivity index (χ4n) is 2.24. The van der Waals surface area contributed by atoms with E-state index in [0.717, 1.165) is 12.1 Å². The van der Waals surface area contributed by atoms with Crippen LogP contribution in [0.1, 0.15) is 26.3 Å². The molecule has 0 bridgehead atoms. The number of carbonyl (C=O) groups is 4. The largest absolute Gasteiger partial charge is 0.368 e. The number of benzene rings is 2. The lowest BCUT2D eigenvalue weighted by molar-refractivity contribution is -0.120. The highest BCUT2D eigenvalue weighted by Gasteiger charge is 2.13. The summed E-state index contributed by atoms with van der Waals surface area (Å²) in [5, 5.41) is 7.13. The van der Waals surface area contributed by atoms with Crippen LogP contribution in [0.5, 0.6) is 0 Å². The van der Waals surface area contributed by atoms with Gasteiger partial charge in [-0.1, -0.05) is 12.1 Å². The van der Waals surface area contributed by atoms with Gasteiger partial charge in [-0.3, -0.25) is 19.2 Å². The van der Waals surface area contributed by atoms with Crippen LogP contribution in [-0.4, -0.2) is 36.7 Å². The molecule has 0 unspecified atom stereocenters. The van der Waals surface area contributed by atoms with E-state index in [9.17, 15) is 28.0 Å². The Morgan fingerprint density at radius 2 is 1.48 bits per heavy atom. The Labute approximate surface area is 164 Å². The molecule has 0 radical (unpaired) electrons. The molecule has 0 saturated heterocycles. The fraction of sp³-hybridized carbons (Fsp3) is 0.158. The van der Waals surface area contributed by atoms with Gasteiger partial charge in [0.1, 0.15) is 11.6 Å². The Balaban J connectivity index is 1.79. The molecule has 0 fully saturated rings. The molecule has 10 heteroatoms. The van der Waals surface area contributed by atoms with E-state index in [1.165, 1.54) is 12.1 Å². The first-order valence-corrected chi connectivity index (χ1v) is 8.41. The van der Waals surface area contributed by atoms with E-state index in [2.05, 4.69) is 16.0 Å². The van der Waals surface area contributed by atoms with Crippen molar-refractivity contribution in [1.82, 2.24) is 16.0 Å². The van der Waals surface area contributed by atoms with Gasteiger partial charge in [-0.15, -0.1) is 0 Å². The quantitative estimate of drug-likeness (QED) is 0.502. The minimum atomic E-state index is -1.03. The third-order valence-corrected chi connectivity index (χ3v) is 3.71. The Kier molecular flexibility index (Phi) is 7.35. The molecule has 0 aliphatic carbocycles. The molecule has 8 nitrogen and oxygen atoms in total. The zero-order valence-corrected chi connectivity index (χ0v) is 15.1. The van der Waals surface area contributed by atoms with Crippen LogP contribution in [0.2, 0.25) is 0 Å². The zero-order valence-electron chi connectivity index (χ0n) is 15.1. The summed E-state index contributed by atoms with van der Waals surface area (Å²) in [5.74, 6) is -4.33. The van der Waals surface area contributed by atoms with Crippen molar-refractivity contribution < 1.29 is 28.0 Å². The lowest BCUT2D eigenvalue weighted by Gasteiger charge is -2.08. The van der Waals surface area contributed by atoms with Crippen LogP contribution < -0.4 is 21.7 Å². The molecule has 0 aromatic heterocycles. The van der Waals surface area contributed by atoms with Crippen molar-refractivity contribution in [2.75, 3.05) is 13.1 Å². The number of halogens is 2. The van der Waals surface area contributed by atoms with Gasteiger partial charge >= 0.3 is 0 Å². The van der Waals surface area contributed by atoms with Gasteiger partial charge in [0.15, 0.2) is 0 Å². The highest BCUT2D eigenvalue weighted by Crippen LogP contribution is 2.09. The van der Waals surface area contributed by atoms with Crippen LogP contribution in [-0.2, 0) is 16.1 Å². The second-order valence-corrected chi connectivity index (χ2v) is 5.93. The number of hydrogen-bond acceptors (Lipinski definition) is 4. The average molecular weight is 404 g/mol. The summed E-state index contributed by atoms with van der Waals surface area (Å²) in [6.45, 7) is -0.545. The lowest BCUT2D eigenvalue weighted by atomic mass is 10.1. The second-order valence-electron chi connectivity index (χ2n) is 5.93. The van der Waals surface area contributed by atoms with Crippen molar-refractivity contribution in [3.05, 3.63) is 70.8 Å². The van der Waals surface area contributed by atoms with Crippen LogP contribution in [0.15, 0.2) is 42.5 Å². The fourth-order valence-corrected chi connectivity index (χ4v) is 2.24. The summed E-state index contributed by atoms with van der Waals surface area (Å²) < 4.78 is 26.4. The van der Waals surface area contributed by atoms with Crippen LogP contribution in [0, 0.1) is 11.6 Å². The molecule has 29 heavy (non-hydrogen) atoms. The Morgan fingerprint density at radius 1 is 0.828 bits per heavy atom. The number of amides is 4. The third kappa shape index (κ3) is 6.69. The summed E-state index contributed by atoms with van der Waals surface area (Å²) >= 11 is 0. The van der Waals surface area contributed by atoms with E-state index in [0.29, 0.717) is 17.2 Å². The highest BCUT2D eigenvalue weighted by molar-refractivity contribution is 5.97. The molecule has 4 amide bonds. The van der Waals surface area contributed by atoms with Crippen LogP contribution in [0.4, 0.5) is 8.78 Å². The first-order chi connectivity index (χ1) is 13.8. The smallest absolute Gasteiger partial charge is 0.254 e. The lowest BCUT2D eigenvalue weighted by Crippen LogP contribution is -2.37. The van der Waals surface area contributed by atoms with E-state index in [1.54, 1.807) is 12.1 Å². The van der Waals surface area contributed by atoms with Crippen molar-refractivity contribution in [2.24, 2.45) is 5.73 Å². The van der Waals surface area contributed by atoms with Crippen molar-refractivity contribution in [3.63, 3.8) is 0 Å². The number of rotatable bonds is 8. The predicted molar refractivity (Wildman–Crippen MR) is 98.5 cm³/mol. The molecule has 2 aromatic rings. The number of nitrogens with one attached hydrogen (secondary N) is 3. The number of hydrogen-bond donors (Lipinski definition) is 4. The van der Waals surface area contributed by atoms with E-state index in [1.807, 2.05) is 0 Å². The molecule has 0 aliphatic heterocycles. The van der Waals surface area contributed by atoms with E-state index < -0.39 is 41.8 Å². The monoisotopic (exact) mass is 404 g/mol. The number of primary amides is 1. The third-order valence-electron chi connectivity index (χ3n) is 3.71. The van der Waals surface area contributed by atoms with Gasteiger partial charge in [0.2, 0.25) is 11.8 Å². The van der Waals surface area contributed by atoms with Crippen LogP contribution >= 0.6 is 0 Å². The normalized spacial score (nSPS) is 10.1. The molecule has 0 aliphatic rings. The topological polar surface area (TPSA) is 130 Å². The maximum Gasteiger partial charge on any atom is 0.254 e. The minimum absolute atomic E-state index is 0.128. The molecule has 2 aromatic carbocycles. The zero-order chi connectivity index (χ0) is 21.4. The highest BCUT2D eigenvalue weighted by atomic mass is 19.1. The summed E-state index contributed by atoms with van der Waals surface area (Å²) in [7, 11) is 0. The number of nitrogens with two attached hydrogens (primary N) is 1. The van der Waals surface area contributed by atoms with Crippen molar-refractivity contribution in [1.29, 1.82) is 0 Å². The van der Waals surface area contributed by atoms with Gasteiger partial charge in [0, 0.05) is 18.2 Å². The summed E-state index contributed by atoms with van der Waals surface area (Å²) in [5.41, 5.74) is 5.57. The van der Waals surface area contributed by atoms with Crippen molar-refractivity contribution >= 4 is 23.6 Å². The SMILES string of the molecule is NC(=O)CNC(=O)c1ccc(CNC(=O)CNC(=O)c2ccc(F)cc2F)cc1. The Morgan fingerprint density at radius 3 is 2.10 bits per heavy atom. The van der Waals surface area contributed by atoms with E-state index in [-0.39, 0.29) is 18.7 Å². The van der Waals surface area contributed by atoms with Gasteiger partial charge in [0.05, 0.1) is 18.7 Å². The average Bonchev–Trinajstić information content (AvgIpc) is 2.69. The Bertz CT molecular complexity index is 932. The first kappa shape index (κ1) is 21.5. The molecular weight excluding hydrogens is 386 g/mol. The first-order valence-electron chi connectivity index (χ1n) is 8.41. The maximum atomic E-state index is 13.5. The summed E-state index contributed by atoms with van der Waals surface area (Å²) in [6.07, 6.45) is 0. The van der Waals surface area contributed by atoms with Gasteiger partial charge in [0.25, 0.3) is 11.8 Å². The van der Waals surface area contributed by atoms with E-state index >= 15 is 0 Å². The molecule has 0 atom stereocenters. The second kappa shape index (κ2) is 9.93. The van der Waals surface area contributed by atoms with Crippen LogP contribution in [0.3, 0.4) is 0 Å². The van der Waals surface area contributed by atoms with Gasteiger partial charge < -0.3 is 21.7 Å². The Hall–Kier alpha value is -3.82. The molecular formula is C19H18F2N4O4.